The van der Waals surface area contributed by atoms with Crippen LogP contribution in [0.25, 0.3) is 0 Å². The average Bonchev–Trinajstić information content (AvgIpc) is 2.98. The van der Waals surface area contributed by atoms with Gasteiger partial charge in [0.1, 0.15) is 6.61 Å². The van der Waals surface area contributed by atoms with Gasteiger partial charge in [-0.2, -0.15) is 4.31 Å². The number of sulfonamides is 1. The molecule has 6 nitrogen and oxygen atoms in total. The Kier molecular flexibility index (Phi) is 5.71. The van der Waals surface area contributed by atoms with Crippen molar-refractivity contribution in [3.63, 3.8) is 0 Å². The molecule has 1 unspecified atom stereocenters. The van der Waals surface area contributed by atoms with Crippen molar-refractivity contribution in [1.29, 1.82) is 0 Å². The summed E-state index contributed by atoms with van der Waals surface area (Å²) < 4.78 is 45.8. The van der Waals surface area contributed by atoms with Crippen molar-refractivity contribution in [1.82, 2.24) is 4.31 Å². The molecule has 1 aliphatic rings. The molecule has 1 amide bonds. The molecular formula is C20H23FN2O4S. The van der Waals surface area contributed by atoms with E-state index in [0.717, 1.165) is 11.3 Å². The summed E-state index contributed by atoms with van der Waals surface area (Å²) in [4.78, 5) is 13.7. The van der Waals surface area contributed by atoms with Crippen LogP contribution in [-0.4, -0.2) is 44.9 Å². The fourth-order valence-electron chi connectivity index (χ4n) is 3.39. The van der Waals surface area contributed by atoms with Crippen LogP contribution in [0.4, 0.5) is 10.1 Å². The fraction of sp³-hybridized carbons (Fsp3) is 0.350. The Bertz CT molecular complexity index is 993. The number of hydrogen-bond acceptors (Lipinski definition) is 4. The number of hydrogen-bond donors (Lipinski definition) is 0. The van der Waals surface area contributed by atoms with Crippen LogP contribution in [-0.2, 0) is 21.2 Å². The molecule has 0 aliphatic carbocycles. The molecule has 0 fully saturated rings. The Balaban J connectivity index is 1.71. The van der Waals surface area contributed by atoms with Crippen LogP contribution in [0.1, 0.15) is 19.4 Å². The van der Waals surface area contributed by atoms with Gasteiger partial charge in [-0.05, 0) is 49.2 Å². The van der Waals surface area contributed by atoms with Gasteiger partial charge in [-0.1, -0.05) is 12.1 Å². The molecule has 28 heavy (non-hydrogen) atoms. The van der Waals surface area contributed by atoms with E-state index in [0.29, 0.717) is 6.42 Å². The summed E-state index contributed by atoms with van der Waals surface area (Å²) in [6.45, 7) is 3.53. The zero-order valence-electron chi connectivity index (χ0n) is 16.1. The van der Waals surface area contributed by atoms with E-state index in [9.17, 15) is 17.6 Å². The molecule has 3 rings (SSSR count). The number of ether oxygens (including phenoxy) is 1. The van der Waals surface area contributed by atoms with Crippen molar-refractivity contribution >= 4 is 21.6 Å². The van der Waals surface area contributed by atoms with Crippen LogP contribution in [0.5, 0.6) is 5.75 Å². The third-order valence-electron chi connectivity index (χ3n) is 4.81. The number of anilines is 1. The van der Waals surface area contributed by atoms with Crippen LogP contribution in [0.2, 0.25) is 0 Å². The van der Waals surface area contributed by atoms with Gasteiger partial charge in [0.05, 0.1) is 4.90 Å². The first-order valence-corrected chi connectivity index (χ1v) is 10.4. The number of likely N-dealkylation sites (N-methyl/N-ethyl adjacent to an activating group) is 1. The largest absolute Gasteiger partial charge is 0.489 e. The maximum atomic E-state index is 13.6. The Morgan fingerprint density at radius 3 is 2.68 bits per heavy atom. The molecule has 1 atom stereocenters. The molecule has 150 valence electrons. The van der Waals surface area contributed by atoms with Gasteiger partial charge in [-0.25, -0.2) is 12.8 Å². The van der Waals surface area contributed by atoms with Gasteiger partial charge in [-0.15, -0.1) is 0 Å². The summed E-state index contributed by atoms with van der Waals surface area (Å²) in [7, 11) is -2.27. The lowest BCUT2D eigenvalue weighted by Crippen LogP contribution is -2.33. The second-order valence-corrected chi connectivity index (χ2v) is 8.88. The fourth-order valence-corrected chi connectivity index (χ4v) is 4.60. The van der Waals surface area contributed by atoms with Gasteiger partial charge >= 0.3 is 0 Å². The van der Waals surface area contributed by atoms with Crippen LogP contribution in [0.3, 0.4) is 0 Å². The third kappa shape index (κ3) is 3.88. The van der Waals surface area contributed by atoms with E-state index in [-0.39, 0.29) is 35.7 Å². The number of rotatable bonds is 6. The summed E-state index contributed by atoms with van der Waals surface area (Å²) in [5.41, 5.74) is 1.59. The first kappa shape index (κ1) is 20.3. The molecule has 8 heteroatoms. The molecule has 2 aromatic rings. The second-order valence-electron chi connectivity index (χ2n) is 6.84. The van der Waals surface area contributed by atoms with Gasteiger partial charge in [0.25, 0.3) is 0 Å². The van der Waals surface area contributed by atoms with E-state index in [4.69, 9.17) is 4.74 Å². The third-order valence-corrected chi connectivity index (χ3v) is 6.67. The van der Waals surface area contributed by atoms with E-state index in [1.807, 2.05) is 6.92 Å². The van der Waals surface area contributed by atoms with Gasteiger partial charge in [0.2, 0.25) is 15.9 Å². The quantitative estimate of drug-likeness (QED) is 0.740. The second kappa shape index (κ2) is 7.89. The topological polar surface area (TPSA) is 66.9 Å². The van der Waals surface area contributed by atoms with Gasteiger partial charge in [-0.3, -0.25) is 4.79 Å². The molecule has 0 spiro atoms. The number of carbonyl (C=O) groups is 1. The van der Waals surface area contributed by atoms with Crippen molar-refractivity contribution in [2.45, 2.75) is 31.2 Å². The highest BCUT2D eigenvalue weighted by atomic mass is 32.2. The van der Waals surface area contributed by atoms with Crippen molar-refractivity contribution in [3.05, 3.63) is 53.8 Å². The minimum Gasteiger partial charge on any atom is -0.489 e. The van der Waals surface area contributed by atoms with Crippen LogP contribution in [0, 0.1) is 5.82 Å². The van der Waals surface area contributed by atoms with Crippen molar-refractivity contribution in [2.75, 3.05) is 25.1 Å². The highest BCUT2D eigenvalue weighted by Gasteiger charge is 2.31. The Labute approximate surface area is 164 Å². The van der Waals surface area contributed by atoms with Crippen LogP contribution >= 0.6 is 0 Å². The highest BCUT2D eigenvalue weighted by molar-refractivity contribution is 7.89. The van der Waals surface area contributed by atoms with Crippen molar-refractivity contribution in [3.8, 4) is 5.75 Å². The van der Waals surface area contributed by atoms with Crippen molar-refractivity contribution in [2.24, 2.45) is 0 Å². The zero-order valence-corrected chi connectivity index (χ0v) is 16.9. The standard InChI is InChI=1S/C20H23FN2O4S/c1-14-12-16-13-17(8-9-19(16)23(14)15(2)24)28(25,26)22(3)10-11-27-20-7-5-4-6-18(20)21/h4-9,13-14H,10-12H2,1-3H3. The molecule has 0 saturated carbocycles. The van der Waals surface area contributed by atoms with E-state index < -0.39 is 15.8 Å². The molecule has 2 aromatic carbocycles. The lowest BCUT2D eigenvalue weighted by molar-refractivity contribution is -0.116. The monoisotopic (exact) mass is 406 g/mol. The number of amides is 1. The summed E-state index contributed by atoms with van der Waals surface area (Å²) in [5, 5.41) is 0. The minimum absolute atomic E-state index is 0.00245. The number of para-hydroxylation sites is 1. The van der Waals surface area contributed by atoms with Crippen LogP contribution in [0.15, 0.2) is 47.4 Å². The smallest absolute Gasteiger partial charge is 0.242 e. The predicted molar refractivity (Wildman–Crippen MR) is 104 cm³/mol. The molecule has 0 bridgehead atoms. The molecule has 1 heterocycles. The lowest BCUT2D eigenvalue weighted by atomic mass is 10.1. The van der Waals surface area contributed by atoms with E-state index in [2.05, 4.69) is 0 Å². The SMILES string of the molecule is CC(=O)N1c2ccc(S(=O)(=O)N(C)CCOc3ccccc3F)cc2CC1C. The van der Waals surface area contributed by atoms with Crippen molar-refractivity contribution < 1.29 is 22.3 Å². The maximum absolute atomic E-state index is 13.6. The molecule has 0 N–H and O–H groups in total. The summed E-state index contributed by atoms with van der Waals surface area (Å²) in [6.07, 6.45) is 0.610. The average molecular weight is 406 g/mol. The number of fused-ring (bicyclic) bond motifs is 1. The normalized spacial score (nSPS) is 16.3. The van der Waals surface area contributed by atoms with Gasteiger partial charge in [0.15, 0.2) is 11.6 Å². The molecule has 0 aromatic heterocycles. The number of carbonyl (C=O) groups excluding carboxylic acids is 1. The first-order valence-electron chi connectivity index (χ1n) is 8.98. The predicted octanol–water partition coefficient (Wildman–Crippen LogP) is 2.82. The summed E-state index contributed by atoms with van der Waals surface area (Å²) >= 11 is 0. The molecule has 0 radical (unpaired) electrons. The highest BCUT2D eigenvalue weighted by Crippen LogP contribution is 2.34. The maximum Gasteiger partial charge on any atom is 0.242 e. The Morgan fingerprint density at radius 1 is 1.29 bits per heavy atom. The van der Waals surface area contributed by atoms with Crippen LogP contribution < -0.4 is 9.64 Å². The number of benzene rings is 2. The van der Waals surface area contributed by atoms with E-state index in [1.54, 1.807) is 29.2 Å². The summed E-state index contributed by atoms with van der Waals surface area (Å²) in [6, 6.07) is 10.8. The molecule has 0 saturated heterocycles. The lowest BCUT2D eigenvalue weighted by Gasteiger charge is -2.21. The van der Waals surface area contributed by atoms with E-state index >= 15 is 0 Å². The number of halogens is 1. The molecule has 1 aliphatic heterocycles. The Hall–Kier alpha value is -2.45. The van der Waals surface area contributed by atoms with E-state index in [1.165, 1.54) is 36.5 Å². The molecular weight excluding hydrogens is 383 g/mol. The minimum atomic E-state index is -3.72. The first-order chi connectivity index (χ1) is 13.2. The number of nitrogens with zero attached hydrogens (tertiary/aromatic N) is 2. The summed E-state index contributed by atoms with van der Waals surface area (Å²) in [5.74, 6) is -0.468. The van der Waals surface area contributed by atoms with Gasteiger partial charge < -0.3 is 9.64 Å². The Morgan fingerprint density at radius 2 is 2.00 bits per heavy atom. The van der Waals surface area contributed by atoms with Gasteiger partial charge in [0, 0.05) is 32.2 Å². The zero-order chi connectivity index (χ0) is 20.5.